The number of benzene rings is 3. The molecule has 3 aromatic rings. The van der Waals surface area contributed by atoms with Crippen LogP contribution in [0, 0.1) is 0 Å². The van der Waals surface area contributed by atoms with Crippen molar-refractivity contribution in [2.75, 3.05) is 16.4 Å². The number of carbonyl (C=O) groups is 2. The second kappa shape index (κ2) is 9.93. The maximum absolute atomic E-state index is 12.3. The van der Waals surface area contributed by atoms with Crippen molar-refractivity contribution in [1.82, 2.24) is 0 Å². The topological polar surface area (TPSA) is 84.2 Å². The Morgan fingerprint density at radius 1 is 1.13 bits per heavy atom. The van der Waals surface area contributed by atoms with Crippen molar-refractivity contribution in [3.8, 4) is 0 Å². The van der Waals surface area contributed by atoms with E-state index in [9.17, 15) is 9.59 Å². The summed E-state index contributed by atoms with van der Waals surface area (Å²) in [6.45, 7) is 1.86. The number of amides is 2. The van der Waals surface area contributed by atoms with E-state index in [1.165, 1.54) is 11.8 Å². The van der Waals surface area contributed by atoms with E-state index in [2.05, 4.69) is 23.3 Å². The molecule has 1 atom stereocenters. The van der Waals surface area contributed by atoms with Crippen LogP contribution >= 0.6 is 36.0 Å². The van der Waals surface area contributed by atoms with Crippen LogP contribution in [0.2, 0.25) is 5.02 Å². The Morgan fingerprint density at radius 2 is 1.87 bits per heavy atom. The number of carbonyl (C=O) groups excluding carboxylic acids is 2. The molecule has 30 heavy (non-hydrogen) atoms. The molecular weight excluding hydrogens is 438 g/mol. The number of fused-ring (bicyclic) bond motifs is 1. The zero-order chi connectivity index (χ0) is 21.7. The summed E-state index contributed by atoms with van der Waals surface area (Å²) in [6, 6.07) is 19.6. The van der Waals surface area contributed by atoms with Gasteiger partial charge in [0.1, 0.15) is 0 Å². The Bertz CT molecular complexity index is 1050. The summed E-state index contributed by atoms with van der Waals surface area (Å²) in [5.41, 5.74) is 7.98. The third-order valence-corrected chi connectivity index (χ3v) is 5.85. The van der Waals surface area contributed by atoms with Gasteiger partial charge in [-0.2, -0.15) is 0 Å². The standard InChI is InChI=1S/C16H14N2O2S2.C6H6ClN/c1-9-15(19)18-13-7-10(5-6-14(13)22-9)16(20)17-11-3-2-4-12(21)8-11;7-5-1-3-6(8)4-2-5/h2-9,21H,1H3,(H,17,20)(H,18,19);1-4H,8H2. The van der Waals surface area contributed by atoms with Crippen LogP contribution in [-0.2, 0) is 4.79 Å². The molecular formula is C22H20ClN3O2S2. The van der Waals surface area contributed by atoms with Gasteiger partial charge in [0.2, 0.25) is 5.91 Å². The fourth-order valence-corrected chi connectivity index (χ4v) is 3.88. The van der Waals surface area contributed by atoms with Crippen LogP contribution in [0.5, 0.6) is 0 Å². The third kappa shape index (κ3) is 5.95. The number of thioether (sulfide) groups is 1. The van der Waals surface area contributed by atoms with Gasteiger partial charge in [-0.1, -0.05) is 17.7 Å². The van der Waals surface area contributed by atoms with E-state index >= 15 is 0 Å². The molecule has 1 aliphatic heterocycles. The highest BCUT2D eigenvalue weighted by Gasteiger charge is 2.23. The maximum atomic E-state index is 12.3. The zero-order valence-corrected chi connectivity index (χ0v) is 18.5. The van der Waals surface area contributed by atoms with E-state index in [0.29, 0.717) is 16.9 Å². The Kier molecular flexibility index (Phi) is 7.31. The first kappa shape index (κ1) is 22.1. The maximum Gasteiger partial charge on any atom is 0.255 e. The van der Waals surface area contributed by atoms with Gasteiger partial charge in [0.05, 0.1) is 10.9 Å². The molecule has 1 unspecified atom stereocenters. The van der Waals surface area contributed by atoms with E-state index in [-0.39, 0.29) is 17.1 Å². The van der Waals surface area contributed by atoms with Crippen LogP contribution in [0.3, 0.4) is 0 Å². The second-order valence-corrected chi connectivity index (χ2v) is 8.85. The molecule has 0 aliphatic carbocycles. The first-order chi connectivity index (χ1) is 14.3. The number of nitrogens with one attached hydrogen (secondary N) is 2. The number of thiol groups is 1. The van der Waals surface area contributed by atoms with Crippen molar-refractivity contribution in [2.24, 2.45) is 0 Å². The predicted octanol–water partition coefficient (Wildman–Crippen LogP) is 5.58. The lowest BCUT2D eigenvalue weighted by molar-refractivity contribution is -0.115. The SMILES string of the molecule is CC1Sc2ccc(C(=O)Nc3cccc(S)c3)cc2NC1=O.Nc1ccc(Cl)cc1. The van der Waals surface area contributed by atoms with Crippen LogP contribution in [-0.4, -0.2) is 17.1 Å². The Labute approximate surface area is 189 Å². The van der Waals surface area contributed by atoms with Crippen LogP contribution in [0.1, 0.15) is 17.3 Å². The van der Waals surface area contributed by atoms with Crippen LogP contribution in [0.25, 0.3) is 0 Å². The first-order valence-corrected chi connectivity index (χ1v) is 10.8. The highest BCUT2D eigenvalue weighted by molar-refractivity contribution is 8.00. The summed E-state index contributed by atoms with van der Waals surface area (Å²) in [4.78, 5) is 25.8. The number of nitrogens with two attached hydrogens (primary N) is 1. The number of hydrogen-bond acceptors (Lipinski definition) is 5. The molecule has 2 amide bonds. The molecule has 0 radical (unpaired) electrons. The Balaban J connectivity index is 0.000000269. The zero-order valence-electron chi connectivity index (χ0n) is 16.1. The van der Waals surface area contributed by atoms with Gasteiger partial charge in [0, 0.05) is 31.8 Å². The van der Waals surface area contributed by atoms with Crippen molar-refractivity contribution >= 4 is 64.9 Å². The molecule has 0 aromatic heterocycles. The van der Waals surface area contributed by atoms with Crippen molar-refractivity contribution in [2.45, 2.75) is 22.0 Å². The molecule has 5 nitrogen and oxygen atoms in total. The van der Waals surface area contributed by atoms with Crippen LogP contribution in [0.4, 0.5) is 17.1 Å². The summed E-state index contributed by atoms with van der Waals surface area (Å²) in [6.07, 6.45) is 0. The summed E-state index contributed by atoms with van der Waals surface area (Å²) in [5.74, 6) is -0.266. The van der Waals surface area contributed by atoms with Gasteiger partial charge >= 0.3 is 0 Å². The molecule has 154 valence electrons. The van der Waals surface area contributed by atoms with E-state index < -0.39 is 0 Å². The van der Waals surface area contributed by atoms with Crippen LogP contribution in [0.15, 0.2) is 76.5 Å². The molecule has 4 N–H and O–H groups in total. The second-order valence-electron chi connectivity index (χ2n) is 6.52. The molecule has 0 bridgehead atoms. The van der Waals surface area contributed by atoms with Crippen molar-refractivity contribution in [3.63, 3.8) is 0 Å². The molecule has 1 heterocycles. The van der Waals surface area contributed by atoms with Crippen LogP contribution < -0.4 is 16.4 Å². The fraction of sp³-hybridized carbons (Fsp3) is 0.0909. The summed E-state index contributed by atoms with van der Waals surface area (Å²) in [5, 5.41) is 6.25. The number of rotatable bonds is 2. The van der Waals surface area contributed by atoms with E-state index in [1.54, 1.807) is 48.5 Å². The molecule has 1 aliphatic rings. The minimum absolute atomic E-state index is 0.0437. The smallest absolute Gasteiger partial charge is 0.255 e. The lowest BCUT2D eigenvalue weighted by Crippen LogP contribution is -2.26. The predicted molar refractivity (Wildman–Crippen MR) is 128 cm³/mol. The monoisotopic (exact) mass is 457 g/mol. The Hall–Kier alpha value is -2.61. The van der Waals surface area contributed by atoms with Gasteiger partial charge in [-0.05, 0) is 67.6 Å². The molecule has 0 saturated heterocycles. The highest BCUT2D eigenvalue weighted by atomic mass is 35.5. The third-order valence-electron chi connectivity index (χ3n) is 4.15. The van der Waals surface area contributed by atoms with E-state index in [1.807, 2.05) is 25.1 Å². The number of hydrogen-bond donors (Lipinski definition) is 4. The minimum atomic E-state index is -0.223. The van der Waals surface area contributed by atoms with Gasteiger partial charge in [-0.15, -0.1) is 24.4 Å². The average Bonchev–Trinajstić information content (AvgIpc) is 2.71. The summed E-state index contributed by atoms with van der Waals surface area (Å²) >= 11 is 11.3. The van der Waals surface area contributed by atoms with Gasteiger partial charge in [-0.25, -0.2) is 0 Å². The summed E-state index contributed by atoms with van der Waals surface area (Å²) in [7, 11) is 0. The van der Waals surface area contributed by atoms with Gasteiger partial charge < -0.3 is 16.4 Å². The highest BCUT2D eigenvalue weighted by Crippen LogP contribution is 2.36. The molecule has 0 fully saturated rings. The van der Waals surface area contributed by atoms with Crippen molar-refractivity contribution in [3.05, 3.63) is 77.3 Å². The van der Waals surface area contributed by atoms with E-state index in [0.717, 1.165) is 20.5 Å². The van der Waals surface area contributed by atoms with Gasteiger partial charge in [0.25, 0.3) is 5.91 Å². The Morgan fingerprint density at radius 3 is 2.53 bits per heavy atom. The van der Waals surface area contributed by atoms with Gasteiger partial charge in [-0.3, -0.25) is 9.59 Å². The lowest BCUT2D eigenvalue weighted by Gasteiger charge is -2.21. The molecule has 8 heteroatoms. The normalized spacial score (nSPS) is 14.6. The van der Waals surface area contributed by atoms with E-state index in [4.69, 9.17) is 17.3 Å². The van der Waals surface area contributed by atoms with Gasteiger partial charge in [0.15, 0.2) is 0 Å². The molecule has 0 saturated carbocycles. The average molecular weight is 458 g/mol. The number of nitrogen functional groups attached to an aromatic ring is 1. The largest absolute Gasteiger partial charge is 0.399 e. The number of halogens is 1. The quantitative estimate of drug-likeness (QED) is 0.299. The molecule has 3 aromatic carbocycles. The molecule has 4 rings (SSSR count). The number of anilines is 3. The van der Waals surface area contributed by atoms with Crippen molar-refractivity contribution in [1.29, 1.82) is 0 Å². The minimum Gasteiger partial charge on any atom is -0.399 e. The summed E-state index contributed by atoms with van der Waals surface area (Å²) < 4.78 is 0. The first-order valence-electron chi connectivity index (χ1n) is 9.05. The lowest BCUT2D eigenvalue weighted by atomic mass is 10.1. The van der Waals surface area contributed by atoms with Crippen molar-refractivity contribution < 1.29 is 9.59 Å². The molecule has 0 spiro atoms. The fourth-order valence-electron chi connectivity index (χ4n) is 2.60.